The van der Waals surface area contributed by atoms with Crippen LogP contribution in [0.3, 0.4) is 0 Å². The van der Waals surface area contributed by atoms with Gasteiger partial charge in [-0.3, -0.25) is 9.59 Å². The molecule has 5 nitrogen and oxygen atoms in total. The van der Waals surface area contributed by atoms with Crippen molar-refractivity contribution in [1.29, 1.82) is 0 Å². The van der Waals surface area contributed by atoms with E-state index < -0.39 is 29.1 Å². The molecule has 1 amide bonds. The predicted octanol–water partition coefficient (Wildman–Crippen LogP) is 1.56. The Morgan fingerprint density at radius 3 is 2.60 bits per heavy atom. The summed E-state index contributed by atoms with van der Waals surface area (Å²) in [5.74, 6) is -4.15. The molecule has 0 bridgehead atoms. The van der Waals surface area contributed by atoms with E-state index in [0.717, 1.165) is 12.1 Å². The zero-order valence-electron chi connectivity index (χ0n) is 10.7. The Morgan fingerprint density at radius 1 is 1.30 bits per heavy atom. The summed E-state index contributed by atoms with van der Waals surface area (Å²) in [5, 5.41) is 0. The summed E-state index contributed by atoms with van der Waals surface area (Å²) in [5.41, 5.74) is 4.02. The van der Waals surface area contributed by atoms with E-state index in [9.17, 15) is 18.4 Å². The van der Waals surface area contributed by atoms with Gasteiger partial charge in [-0.15, -0.1) is 0 Å². The fourth-order valence-electron chi connectivity index (χ4n) is 1.34. The molecule has 0 heterocycles. The highest BCUT2D eigenvalue weighted by Crippen LogP contribution is 2.22. The van der Waals surface area contributed by atoms with Crippen molar-refractivity contribution in [3.63, 3.8) is 0 Å². The molecule has 2 N–H and O–H groups in total. The molecule has 1 aromatic carbocycles. The molecule has 20 heavy (non-hydrogen) atoms. The first-order valence-electron chi connectivity index (χ1n) is 5.59. The van der Waals surface area contributed by atoms with Crippen LogP contribution in [0, 0.1) is 11.6 Å². The zero-order valence-corrected chi connectivity index (χ0v) is 10.7. The van der Waals surface area contributed by atoms with Gasteiger partial charge in [-0.1, -0.05) is 12.2 Å². The van der Waals surface area contributed by atoms with Gasteiger partial charge in [0.1, 0.15) is 18.0 Å². The lowest BCUT2D eigenvalue weighted by molar-refractivity contribution is -0.139. The molecular weight excluding hydrogens is 272 g/mol. The molecule has 0 aliphatic carbocycles. The van der Waals surface area contributed by atoms with Gasteiger partial charge >= 0.3 is 5.97 Å². The molecule has 0 saturated heterocycles. The molecule has 7 heteroatoms. The summed E-state index contributed by atoms with van der Waals surface area (Å²) in [6.07, 6.45) is 2.99. The lowest BCUT2D eigenvalue weighted by atomic mass is 10.1. The van der Waals surface area contributed by atoms with Gasteiger partial charge in [-0.25, -0.2) is 8.78 Å². The lowest BCUT2D eigenvalue weighted by Crippen LogP contribution is -2.16. The smallest absolute Gasteiger partial charge is 0.309 e. The number of primary amides is 1. The summed E-state index contributed by atoms with van der Waals surface area (Å²) in [7, 11) is 1.26. The maximum atomic E-state index is 13.7. The van der Waals surface area contributed by atoms with Crippen molar-refractivity contribution >= 4 is 11.9 Å². The van der Waals surface area contributed by atoms with Gasteiger partial charge < -0.3 is 15.2 Å². The Balaban J connectivity index is 2.68. The number of carbonyl (C=O) groups excluding carboxylic acids is 2. The van der Waals surface area contributed by atoms with E-state index in [4.69, 9.17) is 10.5 Å². The third kappa shape index (κ3) is 4.04. The summed E-state index contributed by atoms with van der Waals surface area (Å²) < 4.78 is 36.3. The second kappa shape index (κ2) is 7.22. The minimum absolute atomic E-state index is 0.0539. The number of halogens is 2. The van der Waals surface area contributed by atoms with Crippen LogP contribution in [0.4, 0.5) is 8.78 Å². The van der Waals surface area contributed by atoms with E-state index in [1.54, 1.807) is 0 Å². The maximum Gasteiger partial charge on any atom is 0.309 e. The number of rotatable bonds is 6. The first-order valence-corrected chi connectivity index (χ1v) is 5.59. The number of benzene rings is 1. The molecule has 0 atom stereocenters. The molecule has 0 aliphatic rings. The zero-order chi connectivity index (χ0) is 15.1. The Hall–Kier alpha value is -2.44. The van der Waals surface area contributed by atoms with Crippen molar-refractivity contribution in [3.8, 4) is 5.75 Å². The van der Waals surface area contributed by atoms with Crippen LogP contribution in [0.2, 0.25) is 0 Å². The van der Waals surface area contributed by atoms with Crippen LogP contribution in [0.1, 0.15) is 16.8 Å². The molecule has 108 valence electrons. The summed E-state index contributed by atoms with van der Waals surface area (Å²) in [6.45, 7) is -0.0578. The second-order valence-corrected chi connectivity index (χ2v) is 3.66. The number of ether oxygens (including phenoxy) is 2. The van der Waals surface area contributed by atoms with Gasteiger partial charge in [0.2, 0.25) is 0 Å². The highest BCUT2D eigenvalue weighted by Gasteiger charge is 2.18. The van der Waals surface area contributed by atoms with Crippen LogP contribution in [0.25, 0.3) is 0 Å². The second-order valence-electron chi connectivity index (χ2n) is 3.66. The summed E-state index contributed by atoms with van der Waals surface area (Å²) >= 11 is 0. The van der Waals surface area contributed by atoms with Gasteiger partial charge in [-0.2, -0.15) is 0 Å². The summed E-state index contributed by atoms with van der Waals surface area (Å²) in [6, 6.07) is 1.93. The number of methoxy groups -OCH3 is 1. The first-order chi connectivity index (χ1) is 9.47. The molecule has 1 rings (SSSR count). The van der Waals surface area contributed by atoms with E-state index in [1.807, 2.05) is 0 Å². The average molecular weight is 285 g/mol. The normalized spacial score (nSPS) is 10.6. The van der Waals surface area contributed by atoms with E-state index >= 15 is 0 Å². The van der Waals surface area contributed by atoms with Crippen molar-refractivity contribution in [3.05, 3.63) is 41.5 Å². The molecular formula is C13H13F2NO4. The molecule has 0 radical (unpaired) electrons. The van der Waals surface area contributed by atoms with Gasteiger partial charge in [0.25, 0.3) is 5.91 Å². The van der Waals surface area contributed by atoms with Gasteiger partial charge in [0.15, 0.2) is 11.6 Å². The Kier molecular flexibility index (Phi) is 5.64. The van der Waals surface area contributed by atoms with Crippen molar-refractivity contribution in [2.75, 3.05) is 13.7 Å². The number of carbonyl (C=O) groups is 2. The first kappa shape index (κ1) is 15.6. The van der Waals surface area contributed by atoms with Crippen LogP contribution in [-0.2, 0) is 9.53 Å². The van der Waals surface area contributed by atoms with Gasteiger partial charge in [0.05, 0.1) is 13.5 Å². The predicted molar refractivity (Wildman–Crippen MR) is 66.1 cm³/mol. The molecule has 1 aromatic rings. The Bertz CT molecular complexity index is 543. The third-order valence-corrected chi connectivity index (χ3v) is 2.32. The number of esters is 1. The topological polar surface area (TPSA) is 78.6 Å². The van der Waals surface area contributed by atoms with Crippen molar-refractivity contribution in [1.82, 2.24) is 0 Å². The number of hydrogen-bond acceptors (Lipinski definition) is 4. The highest BCUT2D eigenvalue weighted by atomic mass is 19.1. The van der Waals surface area contributed by atoms with Crippen LogP contribution in [0.15, 0.2) is 24.3 Å². The van der Waals surface area contributed by atoms with Crippen LogP contribution in [-0.4, -0.2) is 25.6 Å². The number of nitrogens with two attached hydrogens (primary N) is 1. The Morgan fingerprint density at radius 2 is 2.00 bits per heavy atom. The van der Waals surface area contributed by atoms with Gasteiger partial charge in [-0.05, 0) is 12.1 Å². The Labute approximate surface area is 114 Å². The number of amides is 1. The standard InChI is InChI=1S/C13H13F2NO4/c1-19-10(17)4-2-3-7-20-9-6-5-8(14)11(12(9)15)13(16)18/h2-3,5-6H,4,7H2,1H3,(H2,16,18)/b3-2+. The van der Waals surface area contributed by atoms with E-state index in [1.165, 1.54) is 19.3 Å². The van der Waals surface area contributed by atoms with Crippen LogP contribution < -0.4 is 10.5 Å². The fraction of sp³-hybridized carbons (Fsp3) is 0.231. The molecule has 0 unspecified atom stereocenters. The summed E-state index contributed by atoms with van der Waals surface area (Å²) in [4.78, 5) is 21.7. The average Bonchev–Trinajstić information content (AvgIpc) is 2.40. The maximum absolute atomic E-state index is 13.7. The quantitative estimate of drug-likeness (QED) is 0.635. The van der Waals surface area contributed by atoms with E-state index in [-0.39, 0.29) is 18.8 Å². The largest absolute Gasteiger partial charge is 0.486 e. The minimum Gasteiger partial charge on any atom is -0.486 e. The van der Waals surface area contributed by atoms with E-state index in [0.29, 0.717) is 0 Å². The molecule has 0 saturated carbocycles. The lowest BCUT2D eigenvalue weighted by Gasteiger charge is -2.07. The number of hydrogen-bond donors (Lipinski definition) is 1. The van der Waals surface area contributed by atoms with Crippen LogP contribution >= 0.6 is 0 Å². The van der Waals surface area contributed by atoms with Crippen molar-refractivity contribution in [2.45, 2.75) is 6.42 Å². The minimum atomic E-state index is -1.22. The third-order valence-electron chi connectivity index (χ3n) is 2.32. The molecule has 0 aliphatic heterocycles. The fourth-order valence-corrected chi connectivity index (χ4v) is 1.34. The molecule has 0 spiro atoms. The highest BCUT2D eigenvalue weighted by molar-refractivity contribution is 5.93. The molecule has 0 fully saturated rings. The van der Waals surface area contributed by atoms with Gasteiger partial charge in [0, 0.05) is 0 Å². The van der Waals surface area contributed by atoms with Crippen molar-refractivity contribution < 1.29 is 27.8 Å². The van der Waals surface area contributed by atoms with Crippen LogP contribution in [0.5, 0.6) is 5.75 Å². The molecule has 0 aromatic heterocycles. The van der Waals surface area contributed by atoms with Crippen molar-refractivity contribution in [2.24, 2.45) is 5.73 Å². The van der Waals surface area contributed by atoms with E-state index in [2.05, 4.69) is 4.74 Å². The monoisotopic (exact) mass is 285 g/mol. The SMILES string of the molecule is COC(=O)C/C=C/COc1ccc(F)c(C(N)=O)c1F.